The summed E-state index contributed by atoms with van der Waals surface area (Å²) in [6.45, 7) is 0. The highest BCUT2D eigenvalue weighted by Crippen LogP contribution is 2.13. The van der Waals surface area contributed by atoms with E-state index in [2.05, 4.69) is 46.9 Å². The van der Waals surface area contributed by atoms with Crippen LogP contribution in [0.5, 0.6) is 0 Å². The maximum atomic E-state index is 10.8. The summed E-state index contributed by atoms with van der Waals surface area (Å²) in [6.07, 6.45) is 1.92. The van der Waals surface area contributed by atoms with Gasteiger partial charge in [-0.3, -0.25) is 0 Å². The number of aromatic carboxylic acids is 1. The molecule has 0 aliphatic rings. The van der Waals surface area contributed by atoms with Crippen molar-refractivity contribution in [3.05, 3.63) is 70.8 Å². The second-order valence-electron chi connectivity index (χ2n) is 4.46. The maximum Gasteiger partial charge on any atom is 0.335 e. The van der Waals surface area contributed by atoms with Gasteiger partial charge < -0.3 is 5.11 Å². The molecule has 0 heterocycles. The van der Waals surface area contributed by atoms with E-state index in [9.17, 15) is 4.79 Å². The number of carboxylic acid groups (broad SMARTS) is 1. The van der Waals surface area contributed by atoms with Crippen LogP contribution in [0.3, 0.4) is 0 Å². The average molecular weight is 366 g/mol. The molecule has 0 fully saturated rings. The number of aryl methyl sites for hydroxylation is 2. The lowest BCUT2D eigenvalue weighted by Crippen LogP contribution is -1.97. The molecular weight excluding hydrogens is 351 g/mol. The van der Waals surface area contributed by atoms with Crippen molar-refractivity contribution in [1.82, 2.24) is 0 Å². The number of rotatable bonds is 5. The Hall–Kier alpha value is -1.36. The smallest absolute Gasteiger partial charge is 0.335 e. The van der Waals surface area contributed by atoms with Crippen LogP contribution in [-0.4, -0.2) is 11.1 Å². The predicted octanol–water partition coefficient (Wildman–Crippen LogP) is 4.11. The number of hydrogen-bond donors (Lipinski definition) is 1. The Kier molecular flexibility index (Phi) is 4.96. The molecule has 0 unspecified atom stereocenters. The number of carbonyl (C=O) groups is 1. The Bertz CT molecular complexity index is 561. The highest BCUT2D eigenvalue weighted by atomic mass is 127. The van der Waals surface area contributed by atoms with E-state index >= 15 is 0 Å². The van der Waals surface area contributed by atoms with Crippen LogP contribution in [0.15, 0.2) is 48.5 Å². The Morgan fingerprint density at radius 2 is 1.58 bits per heavy atom. The molecule has 0 radical (unpaired) electrons. The van der Waals surface area contributed by atoms with E-state index in [1.54, 1.807) is 12.1 Å². The lowest BCUT2D eigenvalue weighted by atomic mass is 10.0. The molecule has 0 saturated heterocycles. The van der Waals surface area contributed by atoms with Gasteiger partial charge >= 0.3 is 5.97 Å². The first kappa shape index (κ1) is 14.1. The lowest BCUT2D eigenvalue weighted by Gasteiger charge is -2.04. The normalized spacial score (nSPS) is 10.4. The first-order chi connectivity index (χ1) is 9.19. The van der Waals surface area contributed by atoms with Crippen molar-refractivity contribution in [3.63, 3.8) is 0 Å². The minimum atomic E-state index is -0.874. The highest BCUT2D eigenvalue weighted by molar-refractivity contribution is 14.1. The van der Waals surface area contributed by atoms with E-state index in [0.717, 1.165) is 17.3 Å². The van der Waals surface area contributed by atoms with Crippen LogP contribution in [0.1, 0.15) is 27.0 Å². The second kappa shape index (κ2) is 6.70. The molecule has 2 aromatic carbocycles. The third-order valence-electron chi connectivity index (χ3n) is 3.05. The van der Waals surface area contributed by atoms with Gasteiger partial charge in [-0.2, -0.15) is 0 Å². The summed E-state index contributed by atoms with van der Waals surface area (Å²) in [5.74, 6) is -0.874. The van der Waals surface area contributed by atoms with Crippen LogP contribution in [-0.2, 0) is 17.3 Å². The zero-order valence-electron chi connectivity index (χ0n) is 10.5. The van der Waals surface area contributed by atoms with E-state index in [1.807, 2.05) is 12.1 Å². The number of halogens is 1. The molecule has 98 valence electrons. The molecule has 0 aromatic heterocycles. The molecular formula is C16H15IO2. The summed E-state index contributed by atoms with van der Waals surface area (Å²) < 4.78 is 1.03. The second-order valence-corrected chi connectivity index (χ2v) is 5.22. The summed E-state index contributed by atoms with van der Waals surface area (Å²) in [7, 11) is 0. The van der Waals surface area contributed by atoms with Gasteiger partial charge in [0.25, 0.3) is 0 Å². The molecule has 0 atom stereocenters. The van der Waals surface area contributed by atoms with Crippen LogP contribution in [0.25, 0.3) is 0 Å². The fourth-order valence-corrected chi connectivity index (χ4v) is 2.45. The topological polar surface area (TPSA) is 37.3 Å². The SMILES string of the molecule is O=C(O)c1ccc(CCc2cccc(CI)c2)cc1. The molecule has 1 N–H and O–H groups in total. The number of alkyl halides is 1. The molecule has 2 nitrogen and oxygen atoms in total. The van der Waals surface area contributed by atoms with Gasteiger partial charge in [0.05, 0.1) is 5.56 Å². The molecule has 0 amide bonds. The Balaban J connectivity index is 1.99. The summed E-state index contributed by atoms with van der Waals surface area (Å²) in [4.78, 5) is 10.8. The van der Waals surface area contributed by atoms with Crippen LogP contribution in [0.2, 0.25) is 0 Å². The van der Waals surface area contributed by atoms with Crippen molar-refractivity contribution in [2.24, 2.45) is 0 Å². The van der Waals surface area contributed by atoms with Crippen molar-refractivity contribution >= 4 is 28.6 Å². The standard InChI is InChI=1S/C16H15IO2/c17-11-14-3-1-2-13(10-14)5-4-12-6-8-15(9-7-12)16(18)19/h1-3,6-10H,4-5,11H2,(H,18,19). The number of hydrogen-bond acceptors (Lipinski definition) is 1. The van der Waals surface area contributed by atoms with Gasteiger partial charge in [-0.15, -0.1) is 0 Å². The van der Waals surface area contributed by atoms with Gasteiger partial charge in [-0.1, -0.05) is 59.0 Å². The quantitative estimate of drug-likeness (QED) is 0.639. The zero-order valence-corrected chi connectivity index (χ0v) is 12.6. The Morgan fingerprint density at radius 3 is 2.21 bits per heavy atom. The molecule has 0 aliphatic heterocycles. The average Bonchev–Trinajstić information content (AvgIpc) is 2.46. The van der Waals surface area contributed by atoms with Crippen molar-refractivity contribution in [2.75, 3.05) is 0 Å². The van der Waals surface area contributed by atoms with Crippen LogP contribution >= 0.6 is 22.6 Å². The first-order valence-corrected chi connectivity index (χ1v) is 7.67. The molecule has 0 saturated carbocycles. The van der Waals surface area contributed by atoms with Crippen molar-refractivity contribution in [1.29, 1.82) is 0 Å². The Morgan fingerprint density at radius 1 is 0.947 bits per heavy atom. The van der Waals surface area contributed by atoms with E-state index in [4.69, 9.17) is 5.11 Å². The third-order valence-corrected chi connectivity index (χ3v) is 3.93. The van der Waals surface area contributed by atoms with Crippen LogP contribution in [0.4, 0.5) is 0 Å². The number of carboxylic acids is 1. The summed E-state index contributed by atoms with van der Waals surface area (Å²) in [6, 6.07) is 15.7. The summed E-state index contributed by atoms with van der Waals surface area (Å²) >= 11 is 2.36. The highest BCUT2D eigenvalue weighted by Gasteiger charge is 2.02. The van der Waals surface area contributed by atoms with Crippen LogP contribution < -0.4 is 0 Å². The molecule has 0 aliphatic carbocycles. The van der Waals surface area contributed by atoms with Gasteiger partial charge in [0, 0.05) is 4.43 Å². The summed E-state index contributed by atoms with van der Waals surface area (Å²) in [5, 5.41) is 8.84. The molecule has 2 aromatic rings. The maximum absolute atomic E-state index is 10.8. The molecule has 0 bridgehead atoms. The molecule has 3 heteroatoms. The minimum absolute atomic E-state index is 0.343. The molecule has 19 heavy (non-hydrogen) atoms. The van der Waals surface area contributed by atoms with Gasteiger partial charge in [0.15, 0.2) is 0 Å². The largest absolute Gasteiger partial charge is 0.478 e. The van der Waals surface area contributed by atoms with E-state index in [1.165, 1.54) is 16.7 Å². The minimum Gasteiger partial charge on any atom is -0.478 e. The lowest BCUT2D eigenvalue weighted by molar-refractivity contribution is 0.0697. The Labute approximate surface area is 126 Å². The van der Waals surface area contributed by atoms with E-state index in [0.29, 0.717) is 5.56 Å². The van der Waals surface area contributed by atoms with Crippen molar-refractivity contribution < 1.29 is 9.90 Å². The van der Waals surface area contributed by atoms with Crippen molar-refractivity contribution in [3.8, 4) is 0 Å². The van der Waals surface area contributed by atoms with Gasteiger partial charge in [0.2, 0.25) is 0 Å². The predicted molar refractivity (Wildman–Crippen MR) is 85.0 cm³/mol. The first-order valence-electron chi connectivity index (χ1n) is 6.15. The summed E-state index contributed by atoms with van der Waals surface area (Å²) in [5.41, 5.74) is 4.19. The van der Waals surface area contributed by atoms with E-state index < -0.39 is 5.97 Å². The van der Waals surface area contributed by atoms with Crippen LogP contribution in [0, 0.1) is 0 Å². The fraction of sp³-hybridized carbons (Fsp3) is 0.188. The van der Waals surface area contributed by atoms with Crippen molar-refractivity contribution in [2.45, 2.75) is 17.3 Å². The third kappa shape index (κ3) is 4.06. The molecule has 2 rings (SSSR count). The fourth-order valence-electron chi connectivity index (χ4n) is 1.97. The number of benzene rings is 2. The van der Waals surface area contributed by atoms with Gasteiger partial charge in [-0.25, -0.2) is 4.79 Å². The van der Waals surface area contributed by atoms with Gasteiger partial charge in [0.1, 0.15) is 0 Å². The van der Waals surface area contributed by atoms with Gasteiger partial charge in [-0.05, 0) is 41.7 Å². The molecule has 0 spiro atoms. The zero-order chi connectivity index (χ0) is 13.7. The monoisotopic (exact) mass is 366 g/mol. The van der Waals surface area contributed by atoms with E-state index in [-0.39, 0.29) is 0 Å².